The van der Waals surface area contributed by atoms with Crippen molar-refractivity contribution < 1.29 is 9.59 Å². The number of carbonyl (C=O) groups excluding carboxylic acids is 2. The van der Waals surface area contributed by atoms with E-state index in [1.54, 1.807) is 4.90 Å². The second kappa shape index (κ2) is 10.2. The largest absolute Gasteiger partial charge is 0.354 e. The molecule has 1 atom stereocenters. The molecule has 0 unspecified atom stereocenters. The Hall–Kier alpha value is -2.62. The van der Waals surface area contributed by atoms with Crippen molar-refractivity contribution in [2.75, 3.05) is 6.54 Å². The van der Waals surface area contributed by atoms with E-state index in [9.17, 15) is 9.59 Å². The summed E-state index contributed by atoms with van der Waals surface area (Å²) in [4.78, 5) is 27.7. The third kappa shape index (κ3) is 6.45. The molecule has 4 nitrogen and oxygen atoms in total. The maximum Gasteiger partial charge on any atom is 0.242 e. The van der Waals surface area contributed by atoms with Crippen molar-refractivity contribution in [2.24, 2.45) is 5.92 Å². The molecule has 2 aromatic rings. The second-order valence-electron chi connectivity index (χ2n) is 8.36. The van der Waals surface area contributed by atoms with Crippen LogP contribution in [0, 0.1) is 26.7 Å². The van der Waals surface area contributed by atoms with Gasteiger partial charge in [-0.2, -0.15) is 0 Å². The molecule has 2 aromatic carbocycles. The number of aryl methyl sites for hydroxylation is 3. The monoisotopic (exact) mass is 394 g/mol. The number of rotatable bonds is 8. The third-order valence-electron chi connectivity index (χ3n) is 5.38. The first-order valence-corrected chi connectivity index (χ1v) is 10.4. The molecule has 0 radical (unpaired) electrons. The van der Waals surface area contributed by atoms with E-state index in [1.165, 1.54) is 11.1 Å². The maximum absolute atomic E-state index is 13.3. The van der Waals surface area contributed by atoms with E-state index in [4.69, 9.17) is 0 Å². The van der Waals surface area contributed by atoms with Crippen LogP contribution in [0.3, 0.4) is 0 Å². The zero-order valence-corrected chi connectivity index (χ0v) is 18.6. The fourth-order valence-corrected chi connectivity index (χ4v) is 3.20. The van der Waals surface area contributed by atoms with Crippen LogP contribution in [0.1, 0.15) is 48.6 Å². The highest BCUT2D eigenvalue weighted by molar-refractivity contribution is 5.88. The Bertz CT molecular complexity index is 858. The van der Waals surface area contributed by atoms with Gasteiger partial charge in [0.2, 0.25) is 11.8 Å². The molecular weight excluding hydrogens is 360 g/mol. The van der Waals surface area contributed by atoms with Crippen molar-refractivity contribution >= 4 is 11.8 Å². The van der Waals surface area contributed by atoms with Crippen LogP contribution in [-0.2, 0) is 22.6 Å². The molecule has 0 saturated heterocycles. The average Bonchev–Trinajstić information content (AvgIpc) is 2.67. The van der Waals surface area contributed by atoms with Gasteiger partial charge in [-0.05, 0) is 61.4 Å². The van der Waals surface area contributed by atoms with Gasteiger partial charge in [0, 0.05) is 13.1 Å². The fourth-order valence-electron chi connectivity index (χ4n) is 3.20. The maximum atomic E-state index is 13.3. The predicted octanol–water partition coefficient (Wildman–Crippen LogP) is 4.34. The Morgan fingerprint density at radius 2 is 1.62 bits per heavy atom. The summed E-state index contributed by atoms with van der Waals surface area (Å²) in [5.74, 6) is 0.214. The zero-order chi connectivity index (χ0) is 21.6. The fraction of sp³-hybridized carbons (Fsp3) is 0.440. The van der Waals surface area contributed by atoms with E-state index in [1.807, 2.05) is 50.2 Å². The highest BCUT2D eigenvalue weighted by Gasteiger charge is 2.26. The molecule has 4 heteroatoms. The molecule has 0 heterocycles. The minimum atomic E-state index is -0.535. The molecule has 156 valence electrons. The number of hydrogen-bond donors (Lipinski definition) is 1. The molecule has 0 aromatic heterocycles. The van der Waals surface area contributed by atoms with Gasteiger partial charge in [-0.3, -0.25) is 9.59 Å². The topological polar surface area (TPSA) is 49.4 Å². The summed E-state index contributed by atoms with van der Waals surface area (Å²) in [6.07, 6.45) is 0.287. The van der Waals surface area contributed by atoms with Crippen LogP contribution in [0.25, 0.3) is 0 Å². The Kier molecular flexibility index (Phi) is 8.00. The van der Waals surface area contributed by atoms with Crippen LogP contribution in [0.2, 0.25) is 0 Å². The first-order chi connectivity index (χ1) is 13.7. The summed E-state index contributed by atoms with van der Waals surface area (Å²) >= 11 is 0. The van der Waals surface area contributed by atoms with Gasteiger partial charge in [0.05, 0.1) is 6.42 Å². The standard InChI is InChI=1S/C25H34N2O2/c1-17(2)15-26-25(29)21(6)27(16-23-10-8-7-9-19(23)4)24(28)14-22-12-11-18(3)20(5)13-22/h7-13,17,21H,14-16H2,1-6H3,(H,26,29)/t21-/m0/s1. The van der Waals surface area contributed by atoms with Crippen molar-refractivity contribution in [1.29, 1.82) is 0 Å². The molecule has 0 bridgehead atoms. The van der Waals surface area contributed by atoms with Crippen molar-refractivity contribution in [1.82, 2.24) is 10.2 Å². The van der Waals surface area contributed by atoms with Gasteiger partial charge in [-0.1, -0.05) is 56.3 Å². The predicted molar refractivity (Wildman–Crippen MR) is 119 cm³/mol. The molecule has 0 spiro atoms. The highest BCUT2D eigenvalue weighted by Crippen LogP contribution is 2.17. The molecular formula is C25H34N2O2. The van der Waals surface area contributed by atoms with Gasteiger partial charge in [-0.25, -0.2) is 0 Å². The number of nitrogens with one attached hydrogen (secondary N) is 1. The quantitative estimate of drug-likeness (QED) is 0.724. The minimum absolute atomic E-state index is 0.0382. The Morgan fingerprint density at radius 1 is 0.931 bits per heavy atom. The van der Waals surface area contributed by atoms with E-state index in [0.29, 0.717) is 19.0 Å². The average molecular weight is 395 g/mol. The SMILES string of the molecule is Cc1ccc(CC(=O)N(Cc2ccccc2C)[C@@H](C)C(=O)NCC(C)C)cc1C. The smallest absolute Gasteiger partial charge is 0.242 e. The molecule has 0 aliphatic heterocycles. The first-order valence-electron chi connectivity index (χ1n) is 10.4. The summed E-state index contributed by atoms with van der Waals surface area (Å²) < 4.78 is 0. The van der Waals surface area contributed by atoms with Crippen LogP contribution >= 0.6 is 0 Å². The zero-order valence-electron chi connectivity index (χ0n) is 18.6. The molecule has 29 heavy (non-hydrogen) atoms. The lowest BCUT2D eigenvalue weighted by molar-refractivity contribution is -0.140. The Morgan fingerprint density at radius 3 is 2.24 bits per heavy atom. The number of carbonyl (C=O) groups is 2. The number of benzene rings is 2. The summed E-state index contributed by atoms with van der Waals surface area (Å²) in [6, 6.07) is 13.6. The second-order valence-corrected chi connectivity index (χ2v) is 8.36. The number of hydrogen-bond acceptors (Lipinski definition) is 2. The summed E-state index contributed by atoms with van der Waals surface area (Å²) in [7, 11) is 0. The van der Waals surface area contributed by atoms with Crippen LogP contribution in [0.4, 0.5) is 0 Å². The number of nitrogens with zero attached hydrogens (tertiary/aromatic N) is 1. The van der Waals surface area contributed by atoms with Gasteiger partial charge in [0.15, 0.2) is 0 Å². The molecule has 0 saturated carbocycles. The van der Waals surface area contributed by atoms with E-state index in [2.05, 4.69) is 39.1 Å². The van der Waals surface area contributed by atoms with E-state index in [0.717, 1.165) is 16.7 Å². The molecule has 0 aliphatic carbocycles. The van der Waals surface area contributed by atoms with Gasteiger partial charge in [0.1, 0.15) is 6.04 Å². The Labute approximate surface area is 175 Å². The van der Waals surface area contributed by atoms with Crippen LogP contribution < -0.4 is 5.32 Å². The highest BCUT2D eigenvalue weighted by atomic mass is 16.2. The lowest BCUT2D eigenvalue weighted by Gasteiger charge is -2.29. The molecule has 2 amide bonds. The van der Waals surface area contributed by atoms with Crippen LogP contribution in [0.5, 0.6) is 0 Å². The molecule has 0 fully saturated rings. The minimum Gasteiger partial charge on any atom is -0.354 e. The van der Waals surface area contributed by atoms with Gasteiger partial charge >= 0.3 is 0 Å². The van der Waals surface area contributed by atoms with E-state index < -0.39 is 6.04 Å². The summed E-state index contributed by atoms with van der Waals surface area (Å²) in [5.41, 5.74) is 5.53. The van der Waals surface area contributed by atoms with Gasteiger partial charge in [-0.15, -0.1) is 0 Å². The van der Waals surface area contributed by atoms with Crippen molar-refractivity contribution in [3.63, 3.8) is 0 Å². The van der Waals surface area contributed by atoms with E-state index in [-0.39, 0.29) is 18.2 Å². The van der Waals surface area contributed by atoms with E-state index >= 15 is 0 Å². The Balaban J connectivity index is 2.24. The first kappa shape index (κ1) is 22.7. The lowest BCUT2D eigenvalue weighted by Crippen LogP contribution is -2.48. The summed E-state index contributed by atoms with van der Waals surface area (Å²) in [5, 5.41) is 2.97. The third-order valence-corrected chi connectivity index (χ3v) is 5.38. The van der Waals surface area contributed by atoms with Gasteiger partial charge in [0.25, 0.3) is 0 Å². The van der Waals surface area contributed by atoms with Crippen LogP contribution in [-0.4, -0.2) is 29.3 Å². The lowest BCUT2D eigenvalue weighted by atomic mass is 10.0. The molecule has 2 rings (SSSR count). The van der Waals surface area contributed by atoms with Gasteiger partial charge < -0.3 is 10.2 Å². The van der Waals surface area contributed by atoms with Crippen molar-refractivity contribution in [2.45, 2.75) is 60.5 Å². The molecule has 0 aliphatic rings. The van der Waals surface area contributed by atoms with Crippen molar-refractivity contribution in [3.05, 3.63) is 70.3 Å². The normalized spacial score (nSPS) is 12.0. The van der Waals surface area contributed by atoms with Crippen LogP contribution in [0.15, 0.2) is 42.5 Å². The molecule has 1 N–H and O–H groups in total. The summed E-state index contributed by atoms with van der Waals surface area (Å²) in [6.45, 7) is 13.1. The van der Waals surface area contributed by atoms with Crippen molar-refractivity contribution in [3.8, 4) is 0 Å². The number of amides is 2.